The summed E-state index contributed by atoms with van der Waals surface area (Å²) >= 11 is 0. The Balaban J connectivity index is 1.77. The Bertz CT molecular complexity index is 1100. The Hall–Kier alpha value is -3.13. The molecule has 0 unspecified atom stereocenters. The number of rotatable bonds is 4. The van der Waals surface area contributed by atoms with Crippen LogP contribution in [0.1, 0.15) is 21.6 Å². The molecular formula is C19H17N3O4S. The van der Waals surface area contributed by atoms with E-state index in [2.05, 4.69) is 10.4 Å². The second-order valence-electron chi connectivity index (χ2n) is 6.24. The van der Waals surface area contributed by atoms with Crippen LogP contribution in [-0.2, 0) is 21.3 Å². The SMILES string of the molecule is COc1ccc(-n2nc3c(c2NC(=O)c2ccccc2)CS(=O)(=O)C3)cc1. The number of ether oxygens (including phenoxy) is 1. The number of fused-ring (bicyclic) bond motifs is 1. The average molecular weight is 383 g/mol. The summed E-state index contributed by atoms with van der Waals surface area (Å²) in [5, 5.41) is 7.28. The van der Waals surface area contributed by atoms with Crippen LogP contribution in [0.3, 0.4) is 0 Å². The molecule has 1 aliphatic rings. The highest BCUT2D eigenvalue weighted by atomic mass is 32.2. The molecule has 1 aromatic heterocycles. The molecule has 1 N–H and O–H groups in total. The van der Waals surface area contributed by atoms with E-state index in [1.54, 1.807) is 60.3 Å². The third kappa shape index (κ3) is 3.31. The normalized spacial score (nSPS) is 14.6. The van der Waals surface area contributed by atoms with E-state index >= 15 is 0 Å². The van der Waals surface area contributed by atoms with E-state index in [0.29, 0.717) is 34.1 Å². The van der Waals surface area contributed by atoms with E-state index in [0.717, 1.165) is 0 Å². The zero-order chi connectivity index (χ0) is 19.0. The summed E-state index contributed by atoms with van der Waals surface area (Å²) in [6.07, 6.45) is 0. The zero-order valence-corrected chi connectivity index (χ0v) is 15.4. The first-order valence-electron chi connectivity index (χ1n) is 8.29. The molecule has 138 valence electrons. The molecule has 4 rings (SSSR count). The monoisotopic (exact) mass is 383 g/mol. The molecule has 0 bridgehead atoms. The number of hydrogen-bond donors (Lipinski definition) is 1. The van der Waals surface area contributed by atoms with Gasteiger partial charge in [-0.25, -0.2) is 13.1 Å². The van der Waals surface area contributed by atoms with Gasteiger partial charge >= 0.3 is 0 Å². The number of nitrogens with zero attached hydrogens (tertiary/aromatic N) is 2. The van der Waals surface area contributed by atoms with Crippen LogP contribution >= 0.6 is 0 Å². The molecule has 0 spiro atoms. The van der Waals surface area contributed by atoms with Gasteiger partial charge in [0.1, 0.15) is 11.6 Å². The van der Waals surface area contributed by atoms with Crippen molar-refractivity contribution in [1.82, 2.24) is 9.78 Å². The Kier molecular flexibility index (Phi) is 4.19. The fraction of sp³-hybridized carbons (Fsp3) is 0.158. The van der Waals surface area contributed by atoms with Gasteiger partial charge in [0.05, 0.1) is 30.0 Å². The number of anilines is 1. The van der Waals surface area contributed by atoms with Crippen LogP contribution in [0.4, 0.5) is 5.82 Å². The molecule has 0 radical (unpaired) electrons. The second-order valence-corrected chi connectivity index (χ2v) is 8.30. The van der Waals surface area contributed by atoms with Crippen LogP contribution in [0, 0.1) is 0 Å². The number of carbonyl (C=O) groups is 1. The second kappa shape index (κ2) is 6.55. The maximum atomic E-state index is 12.6. The maximum absolute atomic E-state index is 12.6. The van der Waals surface area contributed by atoms with Crippen molar-refractivity contribution in [2.75, 3.05) is 12.4 Å². The van der Waals surface area contributed by atoms with E-state index in [1.807, 2.05) is 6.07 Å². The highest BCUT2D eigenvalue weighted by Gasteiger charge is 2.33. The number of amides is 1. The van der Waals surface area contributed by atoms with Gasteiger partial charge in [-0.05, 0) is 36.4 Å². The molecule has 7 nitrogen and oxygen atoms in total. The average Bonchev–Trinajstić information content (AvgIpc) is 3.15. The van der Waals surface area contributed by atoms with Crippen LogP contribution in [-0.4, -0.2) is 31.2 Å². The van der Waals surface area contributed by atoms with Crippen molar-refractivity contribution in [3.05, 3.63) is 71.4 Å². The minimum absolute atomic E-state index is 0.125. The number of benzene rings is 2. The number of sulfone groups is 1. The molecule has 2 heterocycles. The van der Waals surface area contributed by atoms with Crippen molar-refractivity contribution in [1.29, 1.82) is 0 Å². The Labute approximate surface area is 156 Å². The van der Waals surface area contributed by atoms with Gasteiger partial charge in [0, 0.05) is 11.1 Å². The topological polar surface area (TPSA) is 90.3 Å². The standard InChI is InChI=1S/C19H17N3O4S/c1-26-15-9-7-14(8-10-15)22-18(16-11-27(24,25)12-17(16)21-22)20-19(23)13-5-3-2-4-6-13/h2-10H,11-12H2,1H3,(H,20,23). The van der Waals surface area contributed by atoms with E-state index < -0.39 is 9.84 Å². The first kappa shape index (κ1) is 17.3. The van der Waals surface area contributed by atoms with Crippen LogP contribution < -0.4 is 10.1 Å². The molecule has 0 atom stereocenters. The van der Waals surface area contributed by atoms with Crippen LogP contribution in [0.15, 0.2) is 54.6 Å². The summed E-state index contributed by atoms with van der Waals surface area (Å²) in [4.78, 5) is 12.6. The predicted octanol–water partition coefficient (Wildman–Crippen LogP) is 2.56. The van der Waals surface area contributed by atoms with E-state index in [1.165, 1.54) is 0 Å². The molecule has 1 aliphatic heterocycles. The number of hydrogen-bond acceptors (Lipinski definition) is 5. The Morgan fingerprint density at radius 1 is 1.07 bits per heavy atom. The molecule has 27 heavy (non-hydrogen) atoms. The van der Waals surface area contributed by atoms with Gasteiger partial charge in [0.2, 0.25) is 0 Å². The third-order valence-electron chi connectivity index (χ3n) is 4.37. The van der Waals surface area contributed by atoms with Crippen molar-refractivity contribution < 1.29 is 17.9 Å². The molecular weight excluding hydrogens is 366 g/mol. The van der Waals surface area contributed by atoms with Crippen LogP contribution in [0.2, 0.25) is 0 Å². The fourth-order valence-electron chi connectivity index (χ4n) is 3.05. The van der Waals surface area contributed by atoms with Gasteiger partial charge in [-0.1, -0.05) is 18.2 Å². The predicted molar refractivity (Wildman–Crippen MR) is 101 cm³/mol. The number of carbonyl (C=O) groups excluding carboxylic acids is 1. The van der Waals surface area contributed by atoms with Crippen LogP contribution in [0.25, 0.3) is 5.69 Å². The van der Waals surface area contributed by atoms with Crippen molar-refractivity contribution in [2.24, 2.45) is 0 Å². The van der Waals surface area contributed by atoms with Crippen molar-refractivity contribution in [3.63, 3.8) is 0 Å². The minimum atomic E-state index is -3.24. The molecule has 3 aromatic rings. The van der Waals surface area contributed by atoms with Crippen LogP contribution in [0.5, 0.6) is 5.75 Å². The van der Waals surface area contributed by atoms with Crippen molar-refractivity contribution in [2.45, 2.75) is 11.5 Å². The van der Waals surface area contributed by atoms with Gasteiger partial charge in [0.15, 0.2) is 9.84 Å². The summed E-state index contributed by atoms with van der Waals surface area (Å²) in [5.41, 5.74) is 2.19. The summed E-state index contributed by atoms with van der Waals surface area (Å²) in [6, 6.07) is 15.9. The largest absolute Gasteiger partial charge is 0.497 e. The molecule has 8 heteroatoms. The zero-order valence-electron chi connectivity index (χ0n) is 14.5. The van der Waals surface area contributed by atoms with Gasteiger partial charge in [0.25, 0.3) is 5.91 Å². The minimum Gasteiger partial charge on any atom is -0.497 e. The first-order chi connectivity index (χ1) is 13.0. The van der Waals surface area contributed by atoms with Crippen molar-refractivity contribution in [3.8, 4) is 11.4 Å². The van der Waals surface area contributed by atoms with E-state index in [9.17, 15) is 13.2 Å². The molecule has 0 saturated carbocycles. The number of nitrogens with one attached hydrogen (secondary N) is 1. The smallest absolute Gasteiger partial charge is 0.256 e. The van der Waals surface area contributed by atoms with Gasteiger partial charge in [-0.15, -0.1) is 0 Å². The Morgan fingerprint density at radius 3 is 2.44 bits per heavy atom. The highest BCUT2D eigenvalue weighted by Crippen LogP contribution is 2.33. The third-order valence-corrected chi connectivity index (χ3v) is 5.81. The van der Waals surface area contributed by atoms with Gasteiger partial charge in [-0.2, -0.15) is 5.10 Å². The van der Waals surface area contributed by atoms with Gasteiger partial charge < -0.3 is 10.1 Å². The van der Waals surface area contributed by atoms with E-state index in [-0.39, 0.29) is 17.4 Å². The molecule has 2 aromatic carbocycles. The quantitative estimate of drug-likeness (QED) is 0.748. The summed E-state index contributed by atoms with van der Waals surface area (Å²) < 4.78 is 30.8. The molecule has 0 aliphatic carbocycles. The first-order valence-corrected chi connectivity index (χ1v) is 10.1. The fourth-order valence-corrected chi connectivity index (χ4v) is 4.54. The summed E-state index contributed by atoms with van der Waals surface area (Å²) in [5.74, 6) is 0.487. The van der Waals surface area contributed by atoms with E-state index in [4.69, 9.17) is 4.74 Å². The molecule has 0 saturated heterocycles. The number of methoxy groups -OCH3 is 1. The lowest BCUT2D eigenvalue weighted by molar-refractivity contribution is 0.102. The molecule has 1 amide bonds. The van der Waals surface area contributed by atoms with Gasteiger partial charge in [-0.3, -0.25) is 4.79 Å². The highest BCUT2D eigenvalue weighted by molar-refractivity contribution is 7.90. The summed E-state index contributed by atoms with van der Waals surface area (Å²) in [6.45, 7) is 0. The number of aromatic nitrogens is 2. The Morgan fingerprint density at radius 2 is 1.78 bits per heavy atom. The lowest BCUT2D eigenvalue weighted by atomic mass is 10.2. The lowest BCUT2D eigenvalue weighted by Gasteiger charge is -2.11. The molecule has 0 fully saturated rings. The maximum Gasteiger partial charge on any atom is 0.256 e. The van der Waals surface area contributed by atoms with Crippen molar-refractivity contribution >= 4 is 21.6 Å². The summed E-state index contributed by atoms with van der Waals surface area (Å²) in [7, 11) is -1.66. The lowest BCUT2D eigenvalue weighted by Crippen LogP contribution is -2.16.